The monoisotopic (exact) mass is 237 g/mol. The lowest BCUT2D eigenvalue weighted by Crippen LogP contribution is -2.22. The van der Waals surface area contributed by atoms with Crippen LogP contribution in [0.3, 0.4) is 0 Å². The zero-order valence-electron chi connectivity index (χ0n) is 10.7. The van der Waals surface area contributed by atoms with Gasteiger partial charge in [-0.2, -0.15) is 0 Å². The first-order chi connectivity index (χ1) is 8.93. The van der Waals surface area contributed by atoms with E-state index in [2.05, 4.69) is 59.5 Å². The van der Waals surface area contributed by atoms with Crippen molar-refractivity contribution >= 4 is 5.69 Å². The minimum atomic E-state index is 1.17. The zero-order valence-corrected chi connectivity index (χ0v) is 10.7. The van der Waals surface area contributed by atoms with E-state index in [1.54, 1.807) is 0 Å². The van der Waals surface area contributed by atoms with Crippen molar-refractivity contribution in [3.63, 3.8) is 0 Å². The van der Waals surface area contributed by atoms with Gasteiger partial charge in [-0.15, -0.1) is 0 Å². The number of benzene rings is 2. The molecule has 0 saturated heterocycles. The van der Waals surface area contributed by atoms with Crippen molar-refractivity contribution in [2.75, 3.05) is 18.0 Å². The van der Waals surface area contributed by atoms with Gasteiger partial charge in [0.15, 0.2) is 0 Å². The maximum absolute atomic E-state index is 2.53. The third-order valence-electron chi connectivity index (χ3n) is 3.72. The first-order valence-corrected chi connectivity index (χ1v) is 6.80. The van der Waals surface area contributed by atoms with Gasteiger partial charge in [0.2, 0.25) is 0 Å². The molecule has 0 atom stereocenters. The highest BCUT2D eigenvalue weighted by molar-refractivity contribution is 5.57. The Morgan fingerprint density at radius 3 is 2.56 bits per heavy atom. The summed E-state index contributed by atoms with van der Waals surface area (Å²) in [4.78, 5) is 2.53. The van der Waals surface area contributed by atoms with E-state index in [-0.39, 0.29) is 0 Å². The molecule has 0 unspecified atom stereocenters. The van der Waals surface area contributed by atoms with Crippen LogP contribution in [-0.2, 0) is 12.8 Å². The van der Waals surface area contributed by atoms with Crippen molar-refractivity contribution in [2.24, 2.45) is 0 Å². The maximum Gasteiger partial charge on any atom is 0.0399 e. The van der Waals surface area contributed by atoms with Crippen LogP contribution >= 0.6 is 0 Å². The van der Waals surface area contributed by atoms with Crippen molar-refractivity contribution in [2.45, 2.75) is 19.3 Å². The van der Waals surface area contributed by atoms with Crippen molar-refractivity contribution in [3.05, 3.63) is 65.7 Å². The molecule has 1 heterocycles. The van der Waals surface area contributed by atoms with Crippen molar-refractivity contribution in [1.82, 2.24) is 0 Å². The highest BCUT2D eigenvalue weighted by Crippen LogP contribution is 2.27. The lowest BCUT2D eigenvalue weighted by Gasteiger charge is -2.19. The molecule has 1 aliphatic heterocycles. The molecule has 3 rings (SSSR count). The minimum absolute atomic E-state index is 1.17. The Morgan fingerprint density at radius 2 is 1.67 bits per heavy atom. The van der Waals surface area contributed by atoms with E-state index in [9.17, 15) is 0 Å². The summed E-state index contributed by atoms with van der Waals surface area (Å²) in [6, 6.07) is 19.6. The van der Waals surface area contributed by atoms with Gasteiger partial charge in [0.1, 0.15) is 0 Å². The number of aryl methyl sites for hydroxylation is 1. The van der Waals surface area contributed by atoms with E-state index in [4.69, 9.17) is 0 Å². The van der Waals surface area contributed by atoms with Crippen LogP contribution in [0.1, 0.15) is 17.5 Å². The first-order valence-electron chi connectivity index (χ1n) is 6.80. The summed E-state index contributed by atoms with van der Waals surface area (Å²) in [6.45, 7) is 2.36. The molecule has 1 nitrogen and oxygen atoms in total. The number of nitrogens with zero attached hydrogens (tertiary/aromatic N) is 1. The van der Waals surface area contributed by atoms with Crippen LogP contribution in [0.5, 0.6) is 0 Å². The van der Waals surface area contributed by atoms with E-state index >= 15 is 0 Å². The summed E-state index contributed by atoms with van der Waals surface area (Å²) >= 11 is 0. The van der Waals surface area contributed by atoms with Gasteiger partial charge in [0, 0.05) is 18.8 Å². The van der Waals surface area contributed by atoms with Gasteiger partial charge < -0.3 is 4.90 Å². The molecule has 0 bridgehead atoms. The molecule has 0 amide bonds. The van der Waals surface area contributed by atoms with Gasteiger partial charge in [-0.05, 0) is 36.5 Å². The largest absolute Gasteiger partial charge is 0.371 e. The van der Waals surface area contributed by atoms with Gasteiger partial charge in [0.05, 0.1) is 0 Å². The molecule has 1 heteroatoms. The molecule has 0 aromatic heterocycles. The number of rotatable bonds is 4. The van der Waals surface area contributed by atoms with Gasteiger partial charge in [-0.3, -0.25) is 0 Å². The fourth-order valence-corrected chi connectivity index (χ4v) is 2.76. The third-order valence-corrected chi connectivity index (χ3v) is 3.72. The van der Waals surface area contributed by atoms with Crippen LogP contribution in [0, 0.1) is 0 Å². The predicted octanol–water partition coefficient (Wildman–Crippen LogP) is 3.68. The summed E-state index contributed by atoms with van der Waals surface area (Å²) in [5.74, 6) is 0. The second-order valence-corrected chi connectivity index (χ2v) is 4.95. The molecule has 2 aromatic carbocycles. The molecular weight excluding hydrogens is 218 g/mol. The summed E-state index contributed by atoms with van der Waals surface area (Å²) < 4.78 is 0. The summed E-state index contributed by atoms with van der Waals surface area (Å²) in [5, 5.41) is 0. The van der Waals surface area contributed by atoms with Gasteiger partial charge >= 0.3 is 0 Å². The SMILES string of the molecule is c1ccc(CCCN2CCc3ccccc32)cc1. The molecule has 1 aliphatic rings. The Morgan fingerprint density at radius 1 is 0.889 bits per heavy atom. The lowest BCUT2D eigenvalue weighted by atomic mass is 10.1. The molecule has 0 aliphatic carbocycles. The molecule has 0 N–H and O–H groups in total. The van der Waals surface area contributed by atoms with Crippen LogP contribution in [0.25, 0.3) is 0 Å². The smallest absolute Gasteiger partial charge is 0.0399 e. The number of fused-ring (bicyclic) bond motifs is 1. The second-order valence-electron chi connectivity index (χ2n) is 4.95. The fraction of sp³-hybridized carbons (Fsp3) is 0.294. The zero-order chi connectivity index (χ0) is 12.2. The highest BCUT2D eigenvalue weighted by atomic mass is 15.1. The average molecular weight is 237 g/mol. The van der Waals surface area contributed by atoms with Crippen LogP contribution in [0.2, 0.25) is 0 Å². The average Bonchev–Trinajstić information content (AvgIpc) is 2.84. The van der Waals surface area contributed by atoms with E-state index < -0.39 is 0 Å². The summed E-state index contributed by atoms with van der Waals surface area (Å²) in [5.41, 5.74) is 4.41. The quantitative estimate of drug-likeness (QED) is 0.784. The Kier molecular flexibility index (Phi) is 3.31. The van der Waals surface area contributed by atoms with Crippen molar-refractivity contribution < 1.29 is 0 Å². The Labute approximate surface area is 109 Å². The molecule has 0 fully saturated rings. The maximum atomic E-state index is 2.53. The highest BCUT2D eigenvalue weighted by Gasteiger charge is 2.17. The molecule has 0 radical (unpaired) electrons. The minimum Gasteiger partial charge on any atom is -0.371 e. The number of hydrogen-bond donors (Lipinski definition) is 0. The van der Waals surface area contributed by atoms with Crippen LogP contribution in [0.15, 0.2) is 54.6 Å². The van der Waals surface area contributed by atoms with E-state index in [1.165, 1.54) is 49.2 Å². The van der Waals surface area contributed by atoms with E-state index in [0.717, 1.165) is 0 Å². The standard InChI is InChI=1S/C17H19N/c1-2-7-15(8-3-1)9-6-13-18-14-12-16-10-4-5-11-17(16)18/h1-5,7-8,10-11H,6,9,12-14H2. The topological polar surface area (TPSA) is 3.24 Å². The Balaban J connectivity index is 1.56. The van der Waals surface area contributed by atoms with Crippen molar-refractivity contribution in [1.29, 1.82) is 0 Å². The Hall–Kier alpha value is -1.76. The van der Waals surface area contributed by atoms with E-state index in [0.29, 0.717) is 0 Å². The van der Waals surface area contributed by atoms with Gasteiger partial charge in [-0.1, -0.05) is 48.5 Å². The van der Waals surface area contributed by atoms with E-state index in [1.807, 2.05) is 0 Å². The second kappa shape index (κ2) is 5.26. The van der Waals surface area contributed by atoms with Crippen LogP contribution in [-0.4, -0.2) is 13.1 Å². The summed E-state index contributed by atoms with van der Waals surface area (Å²) in [6.07, 6.45) is 3.62. The normalized spacial score (nSPS) is 13.7. The van der Waals surface area contributed by atoms with Crippen molar-refractivity contribution in [3.8, 4) is 0 Å². The molecule has 0 saturated carbocycles. The van der Waals surface area contributed by atoms with Gasteiger partial charge in [0.25, 0.3) is 0 Å². The third kappa shape index (κ3) is 2.40. The van der Waals surface area contributed by atoms with Crippen LogP contribution < -0.4 is 4.90 Å². The molecule has 92 valence electrons. The molecule has 2 aromatic rings. The predicted molar refractivity (Wildman–Crippen MR) is 77.1 cm³/mol. The first kappa shape index (κ1) is 11.3. The number of anilines is 1. The molecular formula is C17H19N. The van der Waals surface area contributed by atoms with Gasteiger partial charge in [-0.25, -0.2) is 0 Å². The number of para-hydroxylation sites is 1. The summed E-state index contributed by atoms with van der Waals surface area (Å²) in [7, 11) is 0. The number of hydrogen-bond acceptors (Lipinski definition) is 1. The lowest BCUT2D eigenvalue weighted by molar-refractivity contribution is 0.751. The van der Waals surface area contributed by atoms with Crippen LogP contribution in [0.4, 0.5) is 5.69 Å². The fourth-order valence-electron chi connectivity index (χ4n) is 2.76. The Bertz CT molecular complexity index is 504. The molecule has 18 heavy (non-hydrogen) atoms. The molecule has 0 spiro atoms.